The van der Waals surface area contributed by atoms with Crippen LogP contribution in [0.15, 0.2) is 41.3 Å². The highest BCUT2D eigenvalue weighted by Crippen LogP contribution is 2.34. The van der Waals surface area contributed by atoms with Crippen molar-refractivity contribution in [3.63, 3.8) is 0 Å². The van der Waals surface area contributed by atoms with E-state index in [9.17, 15) is 9.59 Å². The molecule has 7 nitrogen and oxygen atoms in total. The SMILES string of the molecule is COc1cc(/C=C2\SC(=S)N(NC(=O)c3ccc(C)cc3Cl)C2=O)ccc1OCC#N. The third-order valence-corrected chi connectivity index (χ3v) is 5.77. The number of benzene rings is 2. The number of aryl methyl sites for hydroxylation is 1. The van der Waals surface area contributed by atoms with Crippen molar-refractivity contribution in [1.82, 2.24) is 10.4 Å². The molecule has 10 heteroatoms. The summed E-state index contributed by atoms with van der Waals surface area (Å²) >= 11 is 12.5. The van der Waals surface area contributed by atoms with Crippen LogP contribution in [0, 0.1) is 18.3 Å². The van der Waals surface area contributed by atoms with Crippen molar-refractivity contribution >= 4 is 57.8 Å². The average Bonchev–Trinajstić information content (AvgIpc) is 2.99. The van der Waals surface area contributed by atoms with Crippen LogP contribution in [-0.2, 0) is 4.79 Å². The molecule has 2 aromatic carbocycles. The molecule has 1 saturated heterocycles. The van der Waals surface area contributed by atoms with Gasteiger partial charge in [0.15, 0.2) is 22.4 Å². The van der Waals surface area contributed by atoms with Crippen LogP contribution >= 0.6 is 35.6 Å². The predicted molar refractivity (Wildman–Crippen MR) is 123 cm³/mol. The van der Waals surface area contributed by atoms with Crippen molar-refractivity contribution in [3.8, 4) is 17.6 Å². The van der Waals surface area contributed by atoms with Crippen molar-refractivity contribution < 1.29 is 19.1 Å². The molecular weight excluding hydrogens is 458 g/mol. The number of nitriles is 1. The van der Waals surface area contributed by atoms with Crippen LogP contribution in [0.1, 0.15) is 21.5 Å². The van der Waals surface area contributed by atoms with Gasteiger partial charge in [0, 0.05) is 0 Å². The number of thiocarbonyl (C=S) groups is 1. The Balaban J connectivity index is 1.79. The number of carbonyl (C=O) groups excluding carboxylic acids is 2. The topological polar surface area (TPSA) is 91.7 Å². The molecule has 0 aromatic heterocycles. The van der Waals surface area contributed by atoms with Crippen LogP contribution in [0.5, 0.6) is 11.5 Å². The number of ether oxygens (including phenoxy) is 2. The van der Waals surface area contributed by atoms with Gasteiger partial charge in [-0.05, 0) is 60.6 Å². The van der Waals surface area contributed by atoms with Gasteiger partial charge in [-0.2, -0.15) is 10.3 Å². The second-order valence-corrected chi connectivity index (χ2v) is 8.38. The Morgan fingerprint density at radius 1 is 1.32 bits per heavy atom. The molecule has 0 spiro atoms. The lowest BCUT2D eigenvalue weighted by Gasteiger charge is -2.16. The molecule has 0 atom stereocenters. The summed E-state index contributed by atoms with van der Waals surface area (Å²) in [5, 5.41) is 9.96. The number of halogens is 1. The minimum atomic E-state index is -0.539. The summed E-state index contributed by atoms with van der Waals surface area (Å²) in [7, 11) is 1.48. The molecule has 158 valence electrons. The summed E-state index contributed by atoms with van der Waals surface area (Å²) < 4.78 is 10.8. The summed E-state index contributed by atoms with van der Waals surface area (Å²) in [5.74, 6) is -0.170. The van der Waals surface area contributed by atoms with Crippen molar-refractivity contribution in [2.45, 2.75) is 6.92 Å². The Morgan fingerprint density at radius 2 is 2.10 bits per heavy atom. The molecule has 1 N–H and O–H groups in total. The standard InChI is InChI=1S/C21H16ClN3O4S2/c1-12-3-5-14(15(22)9-12)19(26)24-25-20(27)18(31-21(25)30)11-13-4-6-16(29-8-7-23)17(10-13)28-2/h3-6,9-11H,8H2,1-2H3,(H,24,26)/b18-11-. The third kappa shape index (κ3) is 5.17. The monoisotopic (exact) mass is 473 g/mol. The molecule has 0 radical (unpaired) electrons. The van der Waals surface area contributed by atoms with Gasteiger partial charge < -0.3 is 9.47 Å². The van der Waals surface area contributed by atoms with E-state index in [4.69, 9.17) is 38.6 Å². The maximum absolute atomic E-state index is 12.8. The fraction of sp³-hybridized carbons (Fsp3) is 0.143. The number of nitrogens with zero attached hydrogens (tertiary/aromatic N) is 2. The molecule has 2 amide bonds. The summed E-state index contributed by atoms with van der Waals surface area (Å²) in [6.07, 6.45) is 1.63. The number of rotatable bonds is 6. The van der Waals surface area contributed by atoms with Gasteiger partial charge in [-0.25, -0.2) is 0 Å². The highest BCUT2D eigenvalue weighted by atomic mass is 35.5. The molecule has 31 heavy (non-hydrogen) atoms. The maximum Gasteiger partial charge on any atom is 0.285 e. The van der Waals surface area contributed by atoms with Gasteiger partial charge >= 0.3 is 0 Å². The highest BCUT2D eigenvalue weighted by molar-refractivity contribution is 8.26. The molecule has 0 unspecified atom stereocenters. The first-order chi connectivity index (χ1) is 14.8. The minimum Gasteiger partial charge on any atom is -0.493 e. The number of hydrazine groups is 1. The zero-order valence-corrected chi connectivity index (χ0v) is 18.9. The van der Waals surface area contributed by atoms with Crippen LogP contribution in [0.25, 0.3) is 6.08 Å². The summed E-state index contributed by atoms with van der Waals surface area (Å²) in [6.45, 7) is 1.75. The first-order valence-corrected chi connectivity index (χ1v) is 10.5. The molecule has 2 aromatic rings. The first-order valence-electron chi connectivity index (χ1n) is 8.87. The van der Waals surface area contributed by atoms with Gasteiger partial charge in [0.2, 0.25) is 0 Å². The normalized spacial score (nSPS) is 14.5. The summed E-state index contributed by atoms with van der Waals surface area (Å²) in [6, 6.07) is 11.9. The number of thioether (sulfide) groups is 1. The van der Waals surface area contributed by atoms with E-state index in [1.807, 2.05) is 13.0 Å². The number of hydrogen-bond acceptors (Lipinski definition) is 7. The van der Waals surface area contributed by atoms with Crippen molar-refractivity contribution in [2.75, 3.05) is 13.7 Å². The number of carbonyl (C=O) groups is 2. The lowest BCUT2D eigenvalue weighted by Crippen LogP contribution is -2.44. The molecule has 1 heterocycles. The first kappa shape index (κ1) is 22.6. The zero-order valence-electron chi connectivity index (χ0n) is 16.5. The van der Waals surface area contributed by atoms with Gasteiger partial charge in [0.25, 0.3) is 11.8 Å². The zero-order chi connectivity index (χ0) is 22.5. The van der Waals surface area contributed by atoms with E-state index in [0.717, 1.165) is 22.3 Å². The van der Waals surface area contributed by atoms with E-state index in [1.54, 1.807) is 42.5 Å². The molecule has 1 aliphatic heterocycles. The van der Waals surface area contributed by atoms with Crippen LogP contribution < -0.4 is 14.9 Å². The summed E-state index contributed by atoms with van der Waals surface area (Å²) in [4.78, 5) is 25.7. The van der Waals surface area contributed by atoms with Gasteiger partial charge in [0.1, 0.15) is 6.07 Å². The number of hydrogen-bond donors (Lipinski definition) is 1. The number of nitrogens with one attached hydrogen (secondary N) is 1. The molecule has 0 bridgehead atoms. The maximum atomic E-state index is 12.8. The largest absolute Gasteiger partial charge is 0.493 e. The quantitative estimate of drug-likeness (QED) is 0.498. The Bertz CT molecular complexity index is 1140. The molecule has 3 rings (SSSR count). The van der Waals surface area contributed by atoms with E-state index in [-0.39, 0.29) is 21.5 Å². The number of methoxy groups -OCH3 is 1. The van der Waals surface area contributed by atoms with Crippen molar-refractivity contribution in [2.24, 2.45) is 0 Å². The molecule has 1 aliphatic rings. The molecular formula is C21H16ClN3O4S2. The molecule has 0 aliphatic carbocycles. The van der Waals surface area contributed by atoms with Crippen LogP contribution in [0.3, 0.4) is 0 Å². The second kappa shape index (κ2) is 9.83. The van der Waals surface area contributed by atoms with Gasteiger partial charge in [-0.3, -0.25) is 15.0 Å². The van der Waals surface area contributed by atoms with Crippen LogP contribution in [0.4, 0.5) is 0 Å². The van der Waals surface area contributed by atoms with E-state index >= 15 is 0 Å². The van der Waals surface area contributed by atoms with Crippen molar-refractivity contribution in [1.29, 1.82) is 5.26 Å². The fourth-order valence-corrected chi connectivity index (χ4v) is 4.19. The van der Waals surface area contributed by atoms with E-state index in [1.165, 1.54) is 7.11 Å². The van der Waals surface area contributed by atoms with Crippen molar-refractivity contribution in [3.05, 3.63) is 63.0 Å². The Morgan fingerprint density at radius 3 is 2.77 bits per heavy atom. The number of amides is 2. The lowest BCUT2D eigenvalue weighted by atomic mass is 10.1. The third-order valence-electron chi connectivity index (χ3n) is 4.15. The highest BCUT2D eigenvalue weighted by Gasteiger charge is 2.34. The Labute approximate surface area is 193 Å². The van der Waals surface area contributed by atoms with Gasteiger partial charge in [0.05, 0.1) is 22.6 Å². The van der Waals surface area contributed by atoms with Gasteiger partial charge in [-0.1, -0.05) is 35.5 Å². The fourth-order valence-electron chi connectivity index (χ4n) is 2.68. The smallest absolute Gasteiger partial charge is 0.285 e. The van der Waals surface area contributed by atoms with Crippen LogP contribution in [0.2, 0.25) is 5.02 Å². The summed E-state index contributed by atoms with van der Waals surface area (Å²) in [5.41, 5.74) is 4.32. The minimum absolute atomic E-state index is 0.112. The predicted octanol–water partition coefficient (Wildman–Crippen LogP) is 4.11. The van der Waals surface area contributed by atoms with Gasteiger partial charge in [-0.15, -0.1) is 0 Å². The molecule has 1 fully saturated rings. The van der Waals surface area contributed by atoms with Crippen LogP contribution in [-0.4, -0.2) is 34.9 Å². The Hall–Kier alpha value is -3.06. The van der Waals surface area contributed by atoms with E-state index in [2.05, 4.69) is 5.43 Å². The Kier molecular flexibility index (Phi) is 7.17. The average molecular weight is 474 g/mol. The lowest BCUT2D eigenvalue weighted by molar-refractivity contribution is -0.123. The second-order valence-electron chi connectivity index (χ2n) is 6.30. The van der Waals surface area contributed by atoms with E-state index < -0.39 is 11.8 Å². The molecule has 0 saturated carbocycles. The van der Waals surface area contributed by atoms with E-state index in [0.29, 0.717) is 22.0 Å².